The summed E-state index contributed by atoms with van der Waals surface area (Å²) in [5.74, 6) is -0.934. The Balaban J connectivity index is 1.40. The fourth-order valence-electron chi connectivity index (χ4n) is 5.87. The van der Waals surface area contributed by atoms with Crippen LogP contribution in [0, 0.1) is 29.1 Å². The Hall–Kier alpha value is -1.62. The summed E-state index contributed by atoms with van der Waals surface area (Å²) in [6, 6.07) is 0. The number of fused-ring (bicyclic) bond motifs is 2. The predicted molar refractivity (Wildman–Crippen MR) is 86.0 cm³/mol. The van der Waals surface area contributed by atoms with E-state index in [4.69, 9.17) is 4.74 Å². The summed E-state index contributed by atoms with van der Waals surface area (Å²) in [6.07, 6.45) is 7.95. The van der Waals surface area contributed by atoms with Gasteiger partial charge < -0.3 is 14.7 Å². The van der Waals surface area contributed by atoms with Crippen LogP contribution in [0.5, 0.6) is 0 Å². The molecule has 1 N–H and O–H groups in total. The normalized spacial score (nSPS) is 46.8. The highest BCUT2D eigenvalue weighted by molar-refractivity contribution is 5.90. The van der Waals surface area contributed by atoms with E-state index in [0.717, 1.165) is 12.3 Å². The molecule has 5 nitrogen and oxygen atoms in total. The van der Waals surface area contributed by atoms with Crippen molar-refractivity contribution < 1.29 is 19.4 Å². The number of rotatable bonds is 3. The summed E-state index contributed by atoms with van der Waals surface area (Å²) >= 11 is 0. The summed E-state index contributed by atoms with van der Waals surface area (Å²) in [4.78, 5) is 26.4. The molecule has 0 aromatic rings. The Labute approximate surface area is 141 Å². The number of ether oxygens (including phenoxy) is 1. The van der Waals surface area contributed by atoms with E-state index in [-0.39, 0.29) is 5.91 Å². The molecule has 3 heterocycles. The first-order valence-electron chi connectivity index (χ1n) is 8.91. The lowest BCUT2D eigenvalue weighted by molar-refractivity contribution is -0.148. The lowest BCUT2D eigenvalue weighted by atomic mass is 9.49. The highest BCUT2D eigenvalue weighted by Crippen LogP contribution is 2.60. The van der Waals surface area contributed by atoms with E-state index in [9.17, 15) is 14.7 Å². The van der Waals surface area contributed by atoms with Crippen LogP contribution < -0.4 is 0 Å². The highest BCUT2D eigenvalue weighted by atomic mass is 16.5. The van der Waals surface area contributed by atoms with E-state index in [1.165, 1.54) is 12.0 Å². The SMILES string of the molecule is CC1(C)[C@H]2CC=C(CN3C[C@@]45C=C[C@@H](O4)C(C(=O)O)C5C3=O)[C@@H]1C2. The van der Waals surface area contributed by atoms with E-state index >= 15 is 0 Å². The van der Waals surface area contributed by atoms with Gasteiger partial charge in [-0.3, -0.25) is 9.59 Å². The van der Waals surface area contributed by atoms with Gasteiger partial charge in [0.2, 0.25) is 5.91 Å². The van der Waals surface area contributed by atoms with Crippen molar-refractivity contribution in [3.63, 3.8) is 0 Å². The maximum Gasteiger partial charge on any atom is 0.310 e. The zero-order chi connectivity index (χ0) is 16.9. The number of carboxylic acids is 1. The first-order valence-corrected chi connectivity index (χ1v) is 8.91. The molecule has 128 valence electrons. The summed E-state index contributed by atoms with van der Waals surface area (Å²) in [5.41, 5.74) is 0.981. The topological polar surface area (TPSA) is 66.8 Å². The molecule has 6 rings (SSSR count). The summed E-state index contributed by atoms with van der Waals surface area (Å²) in [6.45, 7) is 5.77. The Morgan fingerprint density at radius 1 is 1.46 bits per heavy atom. The third-order valence-electron chi connectivity index (χ3n) is 7.42. The standard InChI is InChI=1S/C19H23NO4/c1-18(2)11-4-3-10(12(18)7-11)8-20-9-19-6-5-13(24-19)14(17(22)23)15(19)16(20)21/h3,5-6,11-15H,4,7-9H2,1-2H3,(H,22,23)/t11-,12-,13+,14?,15?,19+/m0/s1. The minimum Gasteiger partial charge on any atom is -0.481 e. The molecule has 0 radical (unpaired) electrons. The fraction of sp³-hybridized carbons (Fsp3) is 0.684. The molecule has 6 atom stereocenters. The van der Waals surface area contributed by atoms with Crippen LogP contribution >= 0.6 is 0 Å². The van der Waals surface area contributed by atoms with Gasteiger partial charge in [-0.15, -0.1) is 0 Å². The van der Waals surface area contributed by atoms with E-state index in [1.54, 1.807) is 0 Å². The van der Waals surface area contributed by atoms with Gasteiger partial charge in [-0.2, -0.15) is 0 Å². The molecule has 5 heteroatoms. The summed E-state index contributed by atoms with van der Waals surface area (Å²) in [7, 11) is 0. The number of carbonyl (C=O) groups excluding carboxylic acids is 1. The number of carboxylic acid groups (broad SMARTS) is 1. The molecule has 1 amide bonds. The van der Waals surface area contributed by atoms with Crippen molar-refractivity contribution in [2.24, 2.45) is 29.1 Å². The van der Waals surface area contributed by atoms with Gasteiger partial charge in [-0.05, 0) is 30.1 Å². The van der Waals surface area contributed by atoms with E-state index in [2.05, 4.69) is 19.9 Å². The summed E-state index contributed by atoms with van der Waals surface area (Å²) in [5, 5.41) is 9.53. The van der Waals surface area contributed by atoms with Crippen molar-refractivity contribution in [2.45, 2.75) is 38.4 Å². The Morgan fingerprint density at radius 2 is 2.25 bits per heavy atom. The van der Waals surface area contributed by atoms with Crippen LogP contribution in [0.2, 0.25) is 0 Å². The molecule has 6 aliphatic rings. The van der Waals surface area contributed by atoms with Gasteiger partial charge in [0.25, 0.3) is 0 Å². The molecule has 0 aromatic carbocycles. The van der Waals surface area contributed by atoms with Crippen LogP contribution in [-0.2, 0) is 14.3 Å². The van der Waals surface area contributed by atoms with Crippen LogP contribution in [0.4, 0.5) is 0 Å². The molecule has 3 fully saturated rings. The molecular weight excluding hydrogens is 306 g/mol. The first-order chi connectivity index (χ1) is 11.3. The smallest absolute Gasteiger partial charge is 0.310 e. The molecule has 24 heavy (non-hydrogen) atoms. The summed E-state index contributed by atoms with van der Waals surface area (Å²) < 4.78 is 5.95. The van der Waals surface area contributed by atoms with Gasteiger partial charge in [-0.1, -0.05) is 37.6 Å². The lowest BCUT2D eigenvalue weighted by Gasteiger charge is -2.56. The van der Waals surface area contributed by atoms with Crippen molar-refractivity contribution in [3.8, 4) is 0 Å². The Bertz CT molecular complexity index is 708. The maximum absolute atomic E-state index is 13.0. The molecule has 1 saturated carbocycles. The second-order valence-corrected chi connectivity index (χ2v) is 8.75. The number of likely N-dealkylation sites (tertiary alicyclic amines) is 1. The third kappa shape index (κ3) is 1.59. The number of hydrogen-bond acceptors (Lipinski definition) is 3. The maximum atomic E-state index is 13.0. The third-order valence-corrected chi connectivity index (χ3v) is 7.42. The van der Waals surface area contributed by atoms with Gasteiger partial charge in [0.1, 0.15) is 11.5 Å². The zero-order valence-electron chi connectivity index (χ0n) is 14.1. The van der Waals surface area contributed by atoms with E-state index < -0.39 is 29.5 Å². The van der Waals surface area contributed by atoms with Gasteiger partial charge in [-0.25, -0.2) is 0 Å². The largest absolute Gasteiger partial charge is 0.481 e. The van der Waals surface area contributed by atoms with Gasteiger partial charge in [0.15, 0.2) is 0 Å². The minimum atomic E-state index is -0.925. The molecule has 4 bridgehead atoms. The molecule has 3 aliphatic heterocycles. The van der Waals surface area contributed by atoms with Crippen molar-refractivity contribution in [1.82, 2.24) is 4.90 Å². The van der Waals surface area contributed by atoms with Crippen LogP contribution in [0.25, 0.3) is 0 Å². The second-order valence-electron chi connectivity index (χ2n) is 8.75. The first kappa shape index (κ1) is 14.7. The highest BCUT2D eigenvalue weighted by Gasteiger charge is 2.67. The number of allylic oxidation sites excluding steroid dienone is 1. The lowest BCUT2D eigenvalue weighted by Crippen LogP contribution is -2.50. The Kier molecular flexibility index (Phi) is 2.64. The van der Waals surface area contributed by atoms with Gasteiger partial charge in [0.05, 0.1) is 18.6 Å². The van der Waals surface area contributed by atoms with Crippen molar-refractivity contribution in [2.75, 3.05) is 13.1 Å². The molecule has 3 aliphatic carbocycles. The average molecular weight is 329 g/mol. The molecule has 0 aromatic heterocycles. The number of hydrogen-bond donors (Lipinski definition) is 1. The Morgan fingerprint density at radius 3 is 2.92 bits per heavy atom. The molecule has 2 unspecified atom stereocenters. The van der Waals surface area contributed by atoms with Crippen molar-refractivity contribution in [1.29, 1.82) is 0 Å². The van der Waals surface area contributed by atoms with Crippen LogP contribution in [0.1, 0.15) is 26.7 Å². The van der Waals surface area contributed by atoms with Crippen LogP contribution in [-0.4, -0.2) is 46.7 Å². The second kappa shape index (κ2) is 4.31. The quantitative estimate of drug-likeness (QED) is 0.803. The number of amides is 1. The number of nitrogens with zero attached hydrogens (tertiary/aromatic N) is 1. The van der Waals surface area contributed by atoms with Gasteiger partial charge >= 0.3 is 5.97 Å². The zero-order valence-corrected chi connectivity index (χ0v) is 14.1. The van der Waals surface area contributed by atoms with Crippen LogP contribution in [0.3, 0.4) is 0 Å². The van der Waals surface area contributed by atoms with Crippen LogP contribution in [0.15, 0.2) is 23.8 Å². The number of carbonyl (C=O) groups is 2. The predicted octanol–water partition coefficient (Wildman–Crippen LogP) is 1.85. The van der Waals surface area contributed by atoms with Crippen molar-refractivity contribution >= 4 is 11.9 Å². The molecule has 1 spiro atoms. The molecular formula is C19H23NO4. The molecule has 2 saturated heterocycles. The van der Waals surface area contributed by atoms with E-state index in [1.807, 2.05) is 17.1 Å². The van der Waals surface area contributed by atoms with Gasteiger partial charge in [0, 0.05) is 6.54 Å². The average Bonchev–Trinajstić information content (AvgIpc) is 3.16. The minimum absolute atomic E-state index is 0.0468. The number of aliphatic carboxylic acids is 1. The fourth-order valence-corrected chi connectivity index (χ4v) is 5.87. The van der Waals surface area contributed by atoms with E-state index in [0.29, 0.717) is 24.4 Å². The van der Waals surface area contributed by atoms with Crippen molar-refractivity contribution in [3.05, 3.63) is 23.8 Å². The monoisotopic (exact) mass is 329 g/mol.